The molecule has 1 fully saturated rings. The van der Waals surface area contributed by atoms with Crippen LogP contribution in [0, 0.1) is 0 Å². The fourth-order valence-electron chi connectivity index (χ4n) is 2.48. The minimum absolute atomic E-state index is 0.268. The van der Waals surface area contributed by atoms with Crippen LogP contribution >= 0.6 is 0 Å². The zero-order valence-corrected chi connectivity index (χ0v) is 10.4. The van der Waals surface area contributed by atoms with Crippen molar-refractivity contribution in [2.75, 3.05) is 20.3 Å². The van der Waals surface area contributed by atoms with Crippen molar-refractivity contribution >= 4 is 0 Å². The Balaban J connectivity index is 2.02. The SMILES string of the molecule is COc1cccc(CN2CCCCC2CO)c1. The number of ether oxygens (including phenoxy) is 1. The molecule has 0 aliphatic carbocycles. The zero-order chi connectivity index (χ0) is 12.1. The van der Waals surface area contributed by atoms with Crippen LogP contribution in [-0.4, -0.2) is 36.3 Å². The van der Waals surface area contributed by atoms with Gasteiger partial charge in [0.1, 0.15) is 5.75 Å². The van der Waals surface area contributed by atoms with Crippen LogP contribution in [0.25, 0.3) is 0 Å². The second kappa shape index (κ2) is 6.03. The molecule has 94 valence electrons. The summed E-state index contributed by atoms with van der Waals surface area (Å²) in [6, 6.07) is 8.50. The van der Waals surface area contributed by atoms with E-state index in [0.29, 0.717) is 6.04 Å². The number of hydrogen-bond donors (Lipinski definition) is 1. The highest BCUT2D eigenvalue weighted by atomic mass is 16.5. The number of methoxy groups -OCH3 is 1. The zero-order valence-electron chi connectivity index (χ0n) is 10.4. The van der Waals surface area contributed by atoms with E-state index in [2.05, 4.69) is 17.0 Å². The van der Waals surface area contributed by atoms with Gasteiger partial charge in [0, 0.05) is 12.6 Å². The summed E-state index contributed by atoms with van der Waals surface area (Å²) in [7, 11) is 1.69. The molecule has 1 aliphatic heterocycles. The first kappa shape index (κ1) is 12.4. The number of piperidine rings is 1. The van der Waals surface area contributed by atoms with Crippen molar-refractivity contribution in [2.45, 2.75) is 31.8 Å². The molecule has 0 spiro atoms. The standard InChI is InChI=1S/C14H21NO2/c1-17-14-7-4-5-12(9-14)10-15-8-3-2-6-13(15)11-16/h4-5,7,9,13,16H,2-3,6,8,10-11H2,1H3. The molecule has 0 amide bonds. The third-order valence-corrected chi connectivity index (χ3v) is 3.48. The predicted octanol–water partition coefficient (Wildman–Crippen LogP) is 2.04. The van der Waals surface area contributed by atoms with Gasteiger partial charge in [0.15, 0.2) is 0 Å². The lowest BCUT2D eigenvalue weighted by Crippen LogP contribution is -2.41. The Hall–Kier alpha value is -1.06. The first-order valence-electron chi connectivity index (χ1n) is 6.31. The molecule has 1 heterocycles. The van der Waals surface area contributed by atoms with Crippen LogP contribution in [0.5, 0.6) is 5.75 Å². The molecular formula is C14H21NO2. The van der Waals surface area contributed by atoms with Crippen molar-refractivity contribution in [3.05, 3.63) is 29.8 Å². The number of aliphatic hydroxyl groups excluding tert-OH is 1. The smallest absolute Gasteiger partial charge is 0.119 e. The highest BCUT2D eigenvalue weighted by Gasteiger charge is 2.21. The number of hydrogen-bond acceptors (Lipinski definition) is 3. The lowest BCUT2D eigenvalue weighted by atomic mass is 10.0. The number of benzene rings is 1. The van der Waals surface area contributed by atoms with Crippen LogP contribution in [0.1, 0.15) is 24.8 Å². The molecule has 3 nitrogen and oxygen atoms in total. The van der Waals surface area contributed by atoms with E-state index in [9.17, 15) is 5.11 Å². The first-order chi connectivity index (χ1) is 8.33. The summed E-state index contributed by atoms with van der Waals surface area (Å²) in [4.78, 5) is 2.37. The molecule has 1 atom stereocenters. The lowest BCUT2D eigenvalue weighted by Gasteiger charge is -2.34. The van der Waals surface area contributed by atoms with Gasteiger partial charge in [0.2, 0.25) is 0 Å². The quantitative estimate of drug-likeness (QED) is 0.867. The van der Waals surface area contributed by atoms with Crippen molar-refractivity contribution in [3.8, 4) is 5.75 Å². The van der Waals surface area contributed by atoms with Gasteiger partial charge in [-0.3, -0.25) is 4.90 Å². The van der Waals surface area contributed by atoms with Crippen LogP contribution in [0.2, 0.25) is 0 Å². The second-order valence-corrected chi connectivity index (χ2v) is 4.65. The molecule has 1 aliphatic rings. The van der Waals surface area contributed by atoms with Gasteiger partial charge >= 0.3 is 0 Å². The summed E-state index contributed by atoms with van der Waals surface area (Å²) >= 11 is 0. The summed E-state index contributed by atoms with van der Waals surface area (Å²) in [6.45, 7) is 2.26. The number of rotatable bonds is 4. The largest absolute Gasteiger partial charge is 0.497 e. The average Bonchev–Trinajstić information content (AvgIpc) is 2.39. The molecule has 1 unspecified atom stereocenters. The van der Waals surface area contributed by atoms with Gasteiger partial charge in [0.25, 0.3) is 0 Å². The Labute approximate surface area is 103 Å². The van der Waals surface area contributed by atoms with E-state index in [1.807, 2.05) is 12.1 Å². The van der Waals surface area contributed by atoms with E-state index >= 15 is 0 Å². The molecule has 1 aromatic carbocycles. The topological polar surface area (TPSA) is 32.7 Å². The molecular weight excluding hydrogens is 214 g/mol. The first-order valence-corrected chi connectivity index (χ1v) is 6.31. The molecule has 0 aromatic heterocycles. The van der Waals surface area contributed by atoms with Crippen molar-refractivity contribution in [1.82, 2.24) is 4.90 Å². The minimum atomic E-state index is 0.268. The highest BCUT2D eigenvalue weighted by Crippen LogP contribution is 2.21. The molecule has 17 heavy (non-hydrogen) atoms. The van der Waals surface area contributed by atoms with Gasteiger partial charge in [-0.05, 0) is 37.1 Å². The Morgan fingerprint density at radius 2 is 2.29 bits per heavy atom. The molecule has 0 saturated carbocycles. The van der Waals surface area contributed by atoms with E-state index in [-0.39, 0.29) is 6.61 Å². The highest BCUT2D eigenvalue weighted by molar-refractivity contribution is 5.28. The third-order valence-electron chi connectivity index (χ3n) is 3.48. The minimum Gasteiger partial charge on any atom is -0.497 e. The second-order valence-electron chi connectivity index (χ2n) is 4.65. The van der Waals surface area contributed by atoms with Crippen LogP contribution in [0.4, 0.5) is 0 Å². The van der Waals surface area contributed by atoms with Crippen LogP contribution < -0.4 is 4.74 Å². The number of nitrogens with zero attached hydrogens (tertiary/aromatic N) is 1. The van der Waals surface area contributed by atoms with Gasteiger partial charge in [-0.1, -0.05) is 18.6 Å². The molecule has 1 N–H and O–H groups in total. The number of likely N-dealkylation sites (tertiary alicyclic amines) is 1. The average molecular weight is 235 g/mol. The van der Waals surface area contributed by atoms with E-state index in [1.54, 1.807) is 7.11 Å². The van der Waals surface area contributed by atoms with E-state index < -0.39 is 0 Å². The van der Waals surface area contributed by atoms with Crippen molar-refractivity contribution in [2.24, 2.45) is 0 Å². The lowest BCUT2D eigenvalue weighted by molar-refractivity contribution is 0.0841. The Bertz CT molecular complexity index is 354. The van der Waals surface area contributed by atoms with Crippen molar-refractivity contribution in [1.29, 1.82) is 0 Å². The van der Waals surface area contributed by atoms with Crippen LogP contribution in [0.15, 0.2) is 24.3 Å². The van der Waals surface area contributed by atoms with Gasteiger partial charge in [-0.2, -0.15) is 0 Å². The monoisotopic (exact) mass is 235 g/mol. The summed E-state index contributed by atoms with van der Waals surface area (Å²) in [5.41, 5.74) is 1.25. The summed E-state index contributed by atoms with van der Waals surface area (Å²) in [6.07, 6.45) is 3.58. The van der Waals surface area contributed by atoms with Gasteiger partial charge < -0.3 is 9.84 Å². The Kier molecular flexibility index (Phi) is 4.40. The fourth-order valence-corrected chi connectivity index (χ4v) is 2.48. The van der Waals surface area contributed by atoms with Crippen molar-refractivity contribution < 1.29 is 9.84 Å². The molecule has 2 rings (SSSR count). The summed E-state index contributed by atoms with van der Waals surface area (Å²) in [5, 5.41) is 9.37. The van der Waals surface area contributed by atoms with Crippen LogP contribution in [0.3, 0.4) is 0 Å². The van der Waals surface area contributed by atoms with Gasteiger partial charge in [0.05, 0.1) is 13.7 Å². The maximum Gasteiger partial charge on any atom is 0.119 e. The van der Waals surface area contributed by atoms with E-state index in [4.69, 9.17) is 4.74 Å². The van der Waals surface area contributed by atoms with Crippen LogP contribution in [-0.2, 0) is 6.54 Å². The van der Waals surface area contributed by atoms with E-state index in [1.165, 1.54) is 18.4 Å². The van der Waals surface area contributed by atoms with Crippen molar-refractivity contribution in [3.63, 3.8) is 0 Å². The maximum atomic E-state index is 9.37. The third kappa shape index (κ3) is 3.20. The maximum absolute atomic E-state index is 9.37. The molecule has 0 radical (unpaired) electrons. The number of aliphatic hydroxyl groups is 1. The molecule has 0 bridgehead atoms. The normalized spacial score (nSPS) is 21.4. The molecule has 1 saturated heterocycles. The Morgan fingerprint density at radius 3 is 3.06 bits per heavy atom. The van der Waals surface area contributed by atoms with E-state index in [0.717, 1.165) is 25.3 Å². The van der Waals surface area contributed by atoms with Gasteiger partial charge in [-0.25, -0.2) is 0 Å². The Morgan fingerprint density at radius 1 is 1.41 bits per heavy atom. The fraction of sp³-hybridized carbons (Fsp3) is 0.571. The summed E-state index contributed by atoms with van der Waals surface area (Å²) < 4.78 is 5.23. The summed E-state index contributed by atoms with van der Waals surface area (Å²) in [5.74, 6) is 0.903. The predicted molar refractivity (Wildman–Crippen MR) is 68.1 cm³/mol. The molecule has 3 heteroatoms. The van der Waals surface area contributed by atoms with Gasteiger partial charge in [-0.15, -0.1) is 0 Å². The molecule has 1 aromatic rings.